The first-order valence-electron chi connectivity index (χ1n) is 3.12. The molecule has 0 bridgehead atoms. The Hall–Kier alpha value is -0.163. The molecule has 10 heavy (non-hydrogen) atoms. The fourth-order valence-corrected chi connectivity index (χ4v) is 2.42. The van der Waals surface area contributed by atoms with Crippen LogP contribution in [0.3, 0.4) is 0 Å². The van der Waals surface area contributed by atoms with Gasteiger partial charge in [0.05, 0.1) is 0 Å². The summed E-state index contributed by atoms with van der Waals surface area (Å²) in [6.07, 6.45) is 0. The minimum absolute atomic E-state index is 0.0833. The predicted molar refractivity (Wildman–Crippen MR) is 43.6 cm³/mol. The Labute approximate surface area is 63.1 Å². The van der Waals surface area contributed by atoms with E-state index >= 15 is 0 Å². The summed E-state index contributed by atoms with van der Waals surface area (Å²) in [5.74, 6) is 0. The normalized spacial score (nSPS) is 14.8. The van der Waals surface area contributed by atoms with Gasteiger partial charge in [0.2, 0.25) is 0 Å². The molecule has 0 aliphatic carbocycles. The van der Waals surface area contributed by atoms with Gasteiger partial charge >= 0.3 is 8.56 Å². The molecule has 0 radical (unpaired) electrons. The van der Waals surface area contributed by atoms with E-state index in [2.05, 4.69) is 6.58 Å². The van der Waals surface area contributed by atoms with Crippen LogP contribution in [0.2, 0.25) is 0 Å². The Morgan fingerprint density at radius 1 is 1.50 bits per heavy atom. The SMILES string of the molecule is C=C[Si](OC)(OC)C(C)N. The smallest absolute Gasteiger partial charge is 0.380 e. The molecule has 0 heterocycles. The molecule has 0 saturated heterocycles. The van der Waals surface area contributed by atoms with Gasteiger partial charge in [0.25, 0.3) is 0 Å². The third-order valence-electron chi connectivity index (χ3n) is 1.56. The largest absolute Gasteiger partial charge is 0.394 e. The Morgan fingerprint density at radius 3 is 1.90 bits per heavy atom. The molecule has 0 fully saturated rings. The molecule has 60 valence electrons. The molecule has 0 aromatic heterocycles. The Bertz CT molecular complexity index is 112. The van der Waals surface area contributed by atoms with Crippen molar-refractivity contribution >= 4 is 8.56 Å². The summed E-state index contributed by atoms with van der Waals surface area (Å²) in [4.78, 5) is 0. The maximum atomic E-state index is 5.64. The zero-order valence-corrected chi connectivity index (χ0v) is 7.76. The summed E-state index contributed by atoms with van der Waals surface area (Å²) in [7, 11) is 0.943. The van der Waals surface area contributed by atoms with Crippen molar-refractivity contribution in [2.24, 2.45) is 5.73 Å². The number of rotatable bonds is 4. The minimum Gasteiger partial charge on any atom is -0.394 e. The van der Waals surface area contributed by atoms with Crippen molar-refractivity contribution in [3.8, 4) is 0 Å². The highest BCUT2D eigenvalue weighted by molar-refractivity contribution is 6.73. The van der Waals surface area contributed by atoms with Crippen LogP contribution >= 0.6 is 0 Å². The van der Waals surface area contributed by atoms with Crippen LogP contribution in [0.15, 0.2) is 12.3 Å². The molecule has 0 amide bonds. The van der Waals surface area contributed by atoms with Gasteiger partial charge in [-0.05, 0) is 12.6 Å². The number of hydrogen-bond acceptors (Lipinski definition) is 3. The lowest BCUT2D eigenvalue weighted by molar-refractivity contribution is 0.246. The zero-order valence-electron chi connectivity index (χ0n) is 6.76. The molecule has 1 atom stereocenters. The lowest BCUT2D eigenvalue weighted by Gasteiger charge is -2.26. The van der Waals surface area contributed by atoms with Crippen LogP contribution in [-0.4, -0.2) is 28.4 Å². The van der Waals surface area contributed by atoms with E-state index in [1.165, 1.54) is 0 Å². The average molecular weight is 161 g/mol. The molecule has 3 nitrogen and oxygen atoms in total. The summed E-state index contributed by atoms with van der Waals surface area (Å²) in [5.41, 5.74) is 7.25. The van der Waals surface area contributed by atoms with Crippen LogP contribution in [0.4, 0.5) is 0 Å². The highest BCUT2D eigenvalue weighted by atomic mass is 28.4. The molecule has 0 saturated carbocycles. The lowest BCUT2D eigenvalue weighted by atomic mass is 10.8. The topological polar surface area (TPSA) is 44.5 Å². The Kier molecular flexibility index (Phi) is 3.81. The molecule has 4 heteroatoms. The van der Waals surface area contributed by atoms with Gasteiger partial charge in [-0.15, -0.1) is 6.58 Å². The van der Waals surface area contributed by atoms with Crippen LogP contribution in [0.1, 0.15) is 6.92 Å². The van der Waals surface area contributed by atoms with Crippen molar-refractivity contribution in [3.05, 3.63) is 12.3 Å². The number of nitrogens with two attached hydrogens (primary N) is 1. The first-order valence-corrected chi connectivity index (χ1v) is 5.09. The molecule has 0 spiro atoms. The van der Waals surface area contributed by atoms with Crippen LogP contribution < -0.4 is 5.73 Å². The van der Waals surface area contributed by atoms with Crippen molar-refractivity contribution in [2.75, 3.05) is 14.2 Å². The van der Waals surface area contributed by atoms with E-state index in [0.29, 0.717) is 0 Å². The molecule has 0 rings (SSSR count). The molecular weight excluding hydrogens is 146 g/mol. The van der Waals surface area contributed by atoms with Gasteiger partial charge in [-0.1, -0.05) is 0 Å². The molecule has 0 aliphatic heterocycles. The van der Waals surface area contributed by atoms with Gasteiger partial charge in [-0.25, -0.2) is 0 Å². The van der Waals surface area contributed by atoms with Crippen LogP contribution in [0.5, 0.6) is 0 Å². The average Bonchev–Trinajstić information content (AvgIpc) is 1.92. The van der Waals surface area contributed by atoms with Gasteiger partial charge in [0.15, 0.2) is 0 Å². The fraction of sp³-hybridized carbons (Fsp3) is 0.667. The first kappa shape index (κ1) is 9.84. The maximum absolute atomic E-state index is 5.64. The van der Waals surface area contributed by atoms with E-state index in [0.717, 1.165) is 0 Å². The standard InChI is InChI=1S/C6H15NO2Si/c1-5-10(8-3,9-4)6(2)7/h5-6H,1,7H2,2-4H3. The van der Waals surface area contributed by atoms with Gasteiger partial charge in [-0.3, -0.25) is 0 Å². The van der Waals surface area contributed by atoms with E-state index in [1.807, 2.05) is 6.92 Å². The third-order valence-corrected chi connectivity index (χ3v) is 4.67. The maximum Gasteiger partial charge on any atom is 0.380 e. The van der Waals surface area contributed by atoms with Crippen molar-refractivity contribution in [1.29, 1.82) is 0 Å². The zero-order chi connectivity index (χ0) is 8.20. The van der Waals surface area contributed by atoms with Crippen molar-refractivity contribution in [3.63, 3.8) is 0 Å². The second-order valence-corrected chi connectivity index (χ2v) is 5.70. The van der Waals surface area contributed by atoms with Crippen molar-refractivity contribution < 1.29 is 8.85 Å². The quantitative estimate of drug-likeness (QED) is 0.604. The second-order valence-electron chi connectivity index (χ2n) is 2.12. The van der Waals surface area contributed by atoms with E-state index in [4.69, 9.17) is 14.6 Å². The monoisotopic (exact) mass is 161 g/mol. The highest BCUT2D eigenvalue weighted by Gasteiger charge is 2.36. The fourth-order valence-electron chi connectivity index (χ4n) is 0.808. The summed E-state index contributed by atoms with van der Waals surface area (Å²) in [6.45, 7) is 5.49. The second kappa shape index (κ2) is 3.87. The van der Waals surface area contributed by atoms with Crippen molar-refractivity contribution in [1.82, 2.24) is 0 Å². The van der Waals surface area contributed by atoms with Gasteiger partial charge in [0, 0.05) is 19.9 Å². The molecule has 0 aromatic rings. The van der Waals surface area contributed by atoms with Gasteiger partial charge in [-0.2, -0.15) is 0 Å². The van der Waals surface area contributed by atoms with Crippen LogP contribution in [0.25, 0.3) is 0 Å². The summed E-state index contributed by atoms with van der Waals surface area (Å²) in [5, 5.41) is 0. The van der Waals surface area contributed by atoms with Crippen LogP contribution in [0, 0.1) is 0 Å². The van der Waals surface area contributed by atoms with Crippen molar-refractivity contribution in [2.45, 2.75) is 12.6 Å². The molecular formula is C6H15NO2Si. The van der Waals surface area contributed by atoms with E-state index in [9.17, 15) is 0 Å². The number of hydrogen-bond donors (Lipinski definition) is 1. The Morgan fingerprint density at radius 2 is 1.90 bits per heavy atom. The highest BCUT2D eigenvalue weighted by Crippen LogP contribution is 2.08. The minimum atomic E-state index is -2.25. The summed E-state index contributed by atoms with van der Waals surface area (Å²) < 4.78 is 10.3. The predicted octanol–water partition coefficient (Wildman–Crippen LogP) is 0.333. The van der Waals surface area contributed by atoms with E-state index in [-0.39, 0.29) is 5.67 Å². The Balaban J connectivity index is 4.30. The van der Waals surface area contributed by atoms with E-state index < -0.39 is 8.56 Å². The first-order chi connectivity index (χ1) is 4.63. The van der Waals surface area contributed by atoms with E-state index in [1.54, 1.807) is 19.9 Å². The molecule has 0 aromatic carbocycles. The van der Waals surface area contributed by atoms with Crippen LogP contribution in [-0.2, 0) is 8.85 Å². The van der Waals surface area contributed by atoms with Gasteiger partial charge < -0.3 is 14.6 Å². The third kappa shape index (κ3) is 1.66. The molecule has 2 N–H and O–H groups in total. The molecule has 0 aliphatic rings. The molecule has 1 unspecified atom stereocenters. The van der Waals surface area contributed by atoms with Gasteiger partial charge in [0.1, 0.15) is 0 Å². The lowest BCUT2D eigenvalue weighted by Crippen LogP contribution is -2.53. The summed E-state index contributed by atoms with van der Waals surface area (Å²) >= 11 is 0. The summed E-state index contributed by atoms with van der Waals surface area (Å²) in [6, 6.07) is 0.